The fourth-order valence-corrected chi connectivity index (χ4v) is 2.65. The molecule has 0 saturated carbocycles. The molecule has 1 N–H and O–H groups in total. The molecule has 7 nitrogen and oxygen atoms in total. The molecular formula is C12H19N3O4. The zero-order chi connectivity index (χ0) is 14.2. The Balaban J connectivity index is 2.02. The Morgan fingerprint density at radius 1 is 1.42 bits per heavy atom. The molecule has 2 aliphatic heterocycles. The van der Waals surface area contributed by atoms with E-state index in [0.29, 0.717) is 6.54 Å². The number of hydrogen-bond donors (Lipinski definition) is 1. The summed E-state index contributed by atoms with van der Waals surface area (Å²) in [6.45, 7) is 2.25. The topological polar surface area (TPSA) is 81.2 Å². The van der Waals surface area contributed by atoms with Crippen LogP contribution in [0, 0.1) is 5.92 Å². The van der Waals surface area contributed by atoms with Crippen LogP contribution in [0.3, 0.4) is 0 Å². The van der Waals surface area contributed by atoms with Gasteiger partial charge in [0.1, 0.15) is 13.1 Å². The monoisotopic (exact) mass is 269 g/mol. The number of imide groups is 1. The molecule has 2 heterocycles. The van der Waals surface area contributed by atoms with Gasteiger partial charge in [0.25, 0.3) is 5.91 Å². The number of rotatable bonds is 3. The van der Waals surface area contributed by atoms with Crippen molar-refractivity contribution in [2.75, 3.05) is 33.3 Å². The SMILES string of the molecule is CC1CCN(C(=O)CN2C(=O)CN(C)C2=O)C1CO. The molecule has 2 saturated heterocycles. The van der Waals surface area contributed by atoms with Crippen molar-refractivity contribution in [2.45, 2.75) is 19.4 Å². The smallest absolute Gasteiger partial charge is 0.327 e. The minimum Gasteiger partial charge on any atom is -0.394 e. The van der Waals surface area contributed by atoms with Crippen LogP contribution in [-0.2, 0) is 9.59 Å². The number of likely N-dealkylation sites (tertiary alicyclic amines) is 1. The number of likely N-dealkylation sites (N-methyl/N-ethyl adjacent to an activating group) is 1. The lowest BCUT2D eigenvalue weighted by atomic mass is 10.0. The Morgan fingerprint density at radius 3 is 2.63 bits per heavy atom. The van der Waals surface area contributed by atoms with E-state index in [-0.39, 0.29) is 43.5 Å². The zero-order valence-electron chi connectivity index (χ0n) is 11.2. The molecule has 0 aromatic heterocycles. The zero-order valence-corrected chi connectivity index (χ0v) is 11.2. The molecule has 2 rings (SSSR count). The summed E-state index contributed by atoms with van der Waals surface area (Å²) in [5, 5.41) is 9.31. The Bertz CT molecular complexity index is 412. The van der Waals surface area contributed by atoms with Crippen LogP contribution in [0.4, 0.5) is 4.79 Å². The minimum atomic E-state index is -0.439. The highest BCUT2D eigenvalue weighted by Crippen LogP contribution is 2.24. The third-order valence-corrected chi connectivity index (χ3v) is 3.91. The second-order valence-electron chi connectivity index (χ2n) is 5.22. The molecule has 7 heteroatoms. The molecule has 2 aliphatic rings. The minimum absolute atomic E-state index is 0.0198. The number of hydrogen-bond acceptors (Lipinski definition) is 4. The standard InChI is InChI=1S/C12H19N3O4/c1-8-3-4-14(9(8)7-16)11(18)6-15-10(17)5-13(2)12(15)19/h8-9,16H,3-7H2,1-2H3. The second-order valence-corrected chi connectivity index (χ2v) is 5.22. The number of aliphatic hydroxyl groups is 1. The highest BCUT2D eigenvalue weighted by atomic mass is 16.3. The molecule has 2 atom stereocenters. The summed E-state index contributed by atoms with van der Waals surface area (Å²) < 4.78 is 0. The highest BCUT2D eigenvalue weighted by molar-refractivity contribution is 6.04. The van der Waals surface area contributed by atoms with Crippen LogP contribution in [0.2, 0.25) is 0 Å². The van der Waals surface area contributed by atoms with E-state index in [2.05, 4.69) is 0 Å². The predicted molar refractivity (Wildman–Crippen MR) is 66.1 cm³/mol. The van der Waals surface area contributed by atoms with E-state index in [0.717, 1.165) is 11.3 Å². The van der Waals surface area contributed by atoms with Crippen LogP contribution in [0.5, 0.6) is 0 Å². The van der Waals surface area contributed by atoms with Gasteiger partial charge < -0.3 is 14.9 Å². The average Bonchev–Trinajstić information content (AvgIpc) is 2.84. The number of carbonyl (C=O) groups excluding carboxylic acids is 3. The van der Waals surface area contributed by atoms with E-state index in [1.54, 1.807) is 4.90 Å². The molecule has 0 bridgehead atoms. The Kier molecular flexibility index (Phi) is 3.75. The largest absolute Gasteiger partial charge is 0.394 e. The van der Waals surface area contributed by atoms with Gasteiger partial charge >= 0.3 is 6.03 Å². The van der Waals surface area contributed by atoms with Crippen LogP contribution >= 0.6 is 0 Å². The predicted octanol–water partition coefficient (Wildman–Crippen LogP) is -0.890. The van der Waals surface area contributed by atoms with Crippen molar-refractivity contribution in [3.05, 3.63) is 0 Å². The lowest BCUT2D eigenvalue weighted by molar-refractivity contribution is -0.137. The van der Waals surface area contributed by atoms with E-state index in [4.69, 9.17) is 0 Å². The van der Waals surface area contributed by atoms with Crippen molar-refractivity contribution in [2.24, 2.45) is 5.92 Å². The van der Waals surface area contributed by atoms with Gasteiger partial charge in [0.2, 0.25) is 5.91 Å². The molecule has 0 aromatic carbocycles. The summed E-state index contributed by atoms with van der Waals surface area (Å²) in [7, 11) is 1.53. The van der Waals surface area contributed by atoms with Gasteiger partial charge in [-0.3, -0.25) is 14.5 Å². The number of aliphatic hydroxyl groups excluding tert-OH is 1. The van der Waals surface area contributed by atoms with Crippen molar-refractivity contribution in [3.8, 4) is 0 Å². The van der Waals surface area contributed by atoms with Crippen molar-refractivity contribution >= 4 is 17.8 Å². The Labute approximate surface area is 111 Å². The van der Waals surface area contributed by atoms with Gasteiger partial charge in [0.15, 0.2) is 0 Å². The molecule has 106 valence electrons. The molecule has 2 fully saturated rings. The van der Waals surface area contributed by atoms with E-state index < -0.39 is 6.03 Å². The Morgan fingerprint density at radius 2 is 2.11 bits per heavy atom. The van der Waals surface area contributed by atoms with Crippen molar-refractivity contribution < 1.29 is 19.5 Å². The van der Waals surface area contributed by atoms with Gasteiger partial charge in [-0.2, -0.15) is 0 Å². The summed E-state index contributed by atoms with van der Waals surface area (Å²) in [5.41, 5.74) is 0. The summed E-state index contributed by atoms with van der Waals surface area (Å²) >= 11 is 0. The quantitative estimate of drug-likeness (QED) is 0.674. The van der Waals surface area contributed by atoms with Gasteiger partial charge in [-0.15, -0.1) is 0 Å². The van der Waals surface area contributed by atoms with E-state index in [9.17, 15) is 19.5 Å². The number of nitrogens with zero attached hydrogens (tertiary/aromatic N) is 3. The van der Waals surface area contributed by atoms with Gasteiger partial charge in [0.05, 0.1) is 12.6 Å². The fourth-order valence-electron chi connectivity index (χ4n) is 2.65. The summed E-state index contributed by atoms with van der Waals surface area (Å²) in [6.07, 6.45) is 0.832. The third kappa shape index (κ3) is 2.42. The van der Waals surface area contributed by atoms with Crippen molar-refractivity contribution in [3.63, 3.8) is 0 Å². The van der Waals surface area contributed by atoms with E-state index >= 15 is 0 Å². The average molecular weight is 269 g/mol. The van der Waals surface area contributed by atoms with Gasteiger partial charge in [-0.25, -0.2) is 4.79 Å². The summed E-state index contributed by atoms with van der Waals surface area (Å²) in [4.78, 5) is 39.3. The number of carbonyl (C=O) groups is 3. The maximum absolute atomic E-state index is 12.2. The first kappa shape index (κ1) is 13.8. The van der Waals surface area contributed by atoms with Gasteiger partial charge in [-0.1, -0.05) is 6.92 Å². The lowest BCUT2D eigenvalue weighted by Gasteiger charge is -2.26. The molecule has 2 unspecified atom stereocenters. The van der Waals surface area contributed by atoms with Gasteiger partial charge in [-0.05, 0) is 12.3 Å². The summed E-state index contributed by atoms with van der Waals surface area (Å²) in [5.74, 6) is -0.393. The molecule has 19 heavy (non-hydrogen) atoms. The first-order valence-corrected chi connectivity index (χ1v) is 6.41. The molecule has 0 radical (unpaired) electrons. The fraction of sp³-hybridized carbons (Fsp3) is 0.750. The molecule has 0 aromatic rings. The van der Waals surface area contributed by atoms with Crippen molar-refractivity contribution in [1.29, 1.82) is 0 Å². The Hall–Kier alpha value is -1.63. The number of urea groups is 1. The second kappa shape index (κ2) is 5.16. The van der Waals surface area contributed by atoms with Crippen molar-refractivity contribution in [1.82, 2.24) is 14.7 Å². The highest BCUT2D eigenvalue weighted by Gasteiger charge is 2.39. The first-order valence-electron chi connectivity index (χ1n) is 6.41. The van der Waals surface area contributed by atoms with Crippen LogP contribution in [-0.4, -0.2) is 77.0 Å². The van der Waals surface area contributed by atoms with Crippen LogP contribution < -0.4 is 0 Å². The molecule has 0 aliphatic carbocycles. The number of amides is 4. The lowest BCUT2D eigenvalue weighted by Crippen LogP contribution is -2.46. The first-order chi connectivity index (χ1) is 8.95. The molecular weight excluding hydrogens is 250 g/mol. The van der Waals surface area contributed by atoms with E-state index in [1.165, 1.54) is 11.9 Å². The van der Waals surface area contributed by atoms with Crippen LogP contribution in [0.25, 0.3) is 0 Å². The third-order valence-electron chi connectivity index (χ3n) is 3.91. The van der Waals surface area contributed by atoms with Crippen LogP contribution in [0.15, 0.2) is 0 Å². The molecule has 4 amide bonds. The normalized spacial score (nSPS) is 27.6. The van der Waals surface area contributed by atoms with Gasteiger partial charge in [0, 0.05) is 13.6 Å². The maximum atomic E-state index is 12.2. The summed E-state index contributed by atoms with van der Waals surface area (Å²) in [6, 6.07) is -0.649. The maximum Gasteiger partial charge on any atom is 0.327 e. The van der Waals surface area contributed by atoms with E-state index in [1.807, 2.05) is 6.92 Å². The molecule has 0 spiro atoms. The van der Waals surface area contributed by atoms with Crippen LogP contribution in [0.1, 0.15) is 13.3 Å².